The van der Waals surface area contributed by atoms with E-state index in [0.29, 0.717) is 3.63 Å². The fraction of sp³-hybridized carbons (Fsp3) is 0.357. The Bertz CT molecular complexity index is 1130. The van der Waals surface area contributed by atoms with E-state index in [4.69, 9.17) is 0 Å². The Labute approximate surface area is 191 Å². The molecule has 0 nitrogen and oxygen atoms in total. The molecular weight excluding hydrogens is 456 g/mol. The summed E-state index contributed by atoms with van der Waals surface area (Å²) in [5.74, 6) is 0. The van der Waals surface area contributed by atoms with Crippen LogP contribution in [0.1, 0.15) is 60.5 Å². The van der Waals surface area contributed by atoms with Crippen LogP contribution in [0.3, 0.4) is 0 Å². The molecule has 0 amide bonds. The molecule has 0 saturated carbocycles. The van der Waals surface area contributed by atoms with Crippen molar-refractivity contribution in [3.8, 4) is 0 Å². The van der Waals surface area contributed by atoms with Gasteiger partial charge < -0.3 is 0 Å². The molecule has 0 heterocycles. The first-order valence-corrected chi connectivity index (χ1v) is 20.2. The Balaban J connectivity index is 2.00. The van der Waals surface area contributed by atoms with Gasteiger partial charge in [-0.15, -0.1) is 0 Å². The molecule has 0 fully saturated rings. The van der Waals surface area contributed by atoms with Crippen LogP contribution in [0.2, 0.25) is 16.7 Å². The van der Waals surface area contributed by atoms with Gasteiger partial charge in [-0.1, -0.05) is 0 Å². The van der Waals surface area contributed by atoms with Crippen LogP contribution >= 0.6 is 0 Å². The Morgan fingerprint density at radius 3 is 1.83 bits per heavy atom. The van der Waals surface area contributed by atoms with Crippen LogP contribution < -0.4 is 0 Å². The van der Waals surface area contributed by atoms with Crippen molar-refractivity contribution in [2.75, 3.05) is 0 Å². The van der Waals surface area contributed by atoms with Gasteiger partial charge in [0.1, 0.15) is 0 Å². The van der Waals surface area contributed by atoms with Crippen molar-refractivity contribution in [3.05, 3.63) is 98.7 Å². The van der Waals surface area contributed by atoms with Crippen LogP contribution in [0.4, 0.5) is 0 Å². The molecule has 30 heavy (non-hydrogen) atoms. The van der Waals surface area contributed by atoms with E-state index in [1.807, 2.05) is 0 Å². The van der Waals surface area contributed by atoms with E-state index in [-0.39, 0.29) is 5.43 Å². The van der Waals surface area contributed by atoms with Crippen molar-refractivity contribution in [3.63, 3.8) is 0 Å². The van der Waals surface area contributed by atoms with Crippen molar-refractivity contribution in [2.45, 2.75) is 61.9 Å². The third kappa shape index (κ3) is 3.35. The second kappa shape index (κ2) is 8.36. The summed E-state index contributed by atoms with van der Waals surface area (Å²) in [6.07, 6.45) is 0. The summed E-state index contributed by atoms with van der Waals surface area (Å²) in [4.78, 5) is 0. The van der Waals surface area contributed by atoms with E-state index in [1.54, 1.807) is 39.0 Å². The zero-order valence-electron chi connectivity index (χ0n) is 19.8. The van der Waals surface area contributed by atoms with Crippen LogP contribution in [-0.4, -0.2) is 5.43 Å². The number of hydrogen-bond acceptors (Lipinski definition) is 0. The molecular formula is C28H34SiZr. The van der Waals surface area contributed by atoms with Crippen molar-refractivity contribution < 1.29 is 20.4 Å². The molecule has 2 aliphatic carbocycles. The summed E-state index contributed by atoms with van der Waals surface area (Å²) in [7, 11) is 0. The van der Waals surface area contributed by atoms with Gasteiger partial charge in [0.05, 0.1) is 0 Å². The van der Waals surface area contributed by atoms with E-state index in [0.717, 1.165) is 3.63 Å². The van der Waals surface area contributed by atoms with Crippen LogP contribution in [0.5, 0.6) is 0 Å². The number of allylic oxidation sites excluding steroid dienone is 5. The van der Waals surface area contributed by atoms with Gasteiger partial charge in [0.25, 0.3) is 0 Å². The number of fused-ring (bicyclic) bond motifs is 1. The first-order chi connectivity index (χ1) is 14.3. The van der Waals surface area contributed by atoms with E-state index in [1.165, 1.54) is 16.7 Å². The van der Waals surface area contributed by atoms with Crippen LogP contribution in [0.15, 0.2) is 76.4 Å². The third-order valence-electron chi connectivity index (χ3n) is 7.57. The second-order valence-electron chi connectivity index (χ2n) is 9.40. The topological polar surface area (TPSA) is 0 Å². The average Bonchev–Trinajstić information content (AvgIpc) is 3.12. The zero-order valence-corrected chi connectivity index (χ0v) is 23.2. The molecule has 2 aliphatic rings. The molecule has 0 aromatic heterocycles. The summed E-state index contributed by atoms with van der Waals surface area (Å²) in [6.45, 7) is 19.6. The normalized spacial score (nSPS) is 19.1. The summed E-state index contributed by atoms with van der Waals surface area (Å²) >= 11 is -1.91. The van der Waals surface area contributed by atoms with Gasteiger partial charge in [-0.25, -0.2) is 0 Å². The van der Waals surface area contributed by atoms with Crippen molar-refractivity contribution in [2.24, 2.45) is 0 Å². The van der Waals surface area contributed by atoms with Crippen LogP contribution in [0.25, 0.3) is 5.57 Å². The third-order valence-corrected chi connectivity index (χ3v) is 27.7. The van der Waals surface area contributed by atoms with Crippen molar-refractivity contribution >= 4 is 11.0 Å². The second-order valence-corrected chi connectivity index (χ2v) is 27.3. The van der Waals surface area contributed by atoms with E-state index < -0.39 is 20.4 Å². The Hall–Kier alpha value is -1.24. The number of hydrogen-bond donors (Lipinski definition) is 0. The summed E-state index contributed by atoms with van der Waals surface area (Å²) < 4.78 is 1.48. The molecule has 0 spiro atoms. The summed E-state index contributed by atoms with van der Waals surface area (Å²) in [5, 5.41) is 0. The average molecular weight is 490 g/mol. The minimum atomic E-state index is -1.91. The fourth-order valence-corrected chi connectivity index (χ4v) is 27.3. The van der Waals surface area contributed by atoms with Gasteiger partial charge in [-0.2, -0.15) is 0 Å². The molecule has 1 atom stereocenters. The maximum absolute atomic E-state index is 2.62. The Morgan fingerprint density at radius 2 is 1.27 bits per heavy atom. The van der Waals surface area contributed by atoms with Crippen molar-refractivity contribution in [1.29, 1.82) is 0 Å². The van der Waals surface area contributed by atoms with Crippen LogP contribution in [0, 0.1) is 6.92 Å². The summed E-state index contributed by atoms with van der Waals surface area (Å²) in [6, 6.07) is 18.2. The SMILES string of the molecule is CC1=C(C)[CH]([Zr]([CH]2C(C)=C(c3ccccc3)c3c(C)cccc32)=[Si](C)C)C(C)=C1C. The minimum absolute atomic E-state index is 0.348. The number of benzene rings is 2. The van der Waals surface area contributed by atoms with Gasteiger partial charge >= 0.3 is 192 Å². The monoisotopic (exact) mass is 488 g/mol. The molecule has 154 valence electrons. The molecule has 2 heteroatoms. The fourth-order valence-electron chi connectivity index (χ4n) is 5.78. The molecule has 0 saturated heterocycles. The van der Waals surface area contributed by atoms with Gasteiger partial charge in [-0.05, 0) is 0 Å². The molecule has 0 radical (unpaired) electrons. The first-order valence-electron chi connectivity index (χ1n) is 11.1. The first kappa shape index (κ1) is 22.0. The molecule has 1 unspecified atom stereocenters. The molecule has 0 aliphatic heterocycles. The molecule has 0 N–H and O–H groups in total. The number of rotatable bonds is 3. The predicted octanol–water partition coefficient (Wildman–Crippen LogP) is 8.22. The quantitative estimate of drug-likeness (QED) is 0.381. The molecule has 4 rings (SSSR count). The van der Waals surface area contributed by atoms with E-state index in [2.05, 4.69) is 103 Å². The van der Waals surface area contributed by atoms with E-state index >= 15 is 0 Å². The Morgan fingerprint density at radius 1 is 0.667 bits per heavy atom. The van der Waals surface area contributed by atoms with Gasteiger partial charge in [0, 0.05) is 0 Å². The molecule has 2 aromatic rings. The Kier molecular flexibility index (Phi) is 6.12. The predicted molar refractivity (Wildman–Crippen MR) is 130 cm³/mol. The number of aryl methyl sites for hydroxylation is 1. The standard InChI is InChI=1S/C17H15.C9H13.C2H6Si.Zr/c1-12-7-6-10-15-11-13(2)17(16(12)15)14-8-4-3-5-9-14;1-6-5-7(2)9(4)8(6)3;1-3-2;/h3-11H,1-2H3;5H,1-4H3;1-2H3;. The van der Waals surface area contributed by atoms with E-state index in [9.17, 15) is 0 Å². The van der Waals surface area contributed by atoms with Gasteiger partial charge in [0.15, 0.2) is 0 Å². The zero-order chi connectivity index (χ0) is 21.7. The van der Waals surface area contributed by atoms with Crippen LogP contribution in [-0.2, 0) is 20.4 Å². The molecule has 0 bridgehead atoms. The molecule has 2 aromatic carbocycles. The summed E-state index contributed by atoms with van der Waals surface area (Å²) in [5.41, 5.74) is 15.4. The van der Waals surface area contributed by atoms with Gasteiger partial charge in [0.2, 0.25) is 0 Å². The maximum atomic E-state index is 2.62. The van der Waals surface area contributed by atoms with Crippen molar-refractivity contribution in [1.82, 2.24) is 0 Å². The van der Waals surface area contributed by atoms with Gasteiger partial charge in [-0.3, -0.25) is 0 Å².